The molecule has 0 radical (unpaired) electrons. The number of hydrogen-bond acceptors (Lipinski definition) is 2. The molecule has 1 unspecified atom stereocenters. The van der Waals surface area contributed by atoms with E-state index in [9.17, 15) is 4.79 Å². The van der Waals surface area contributed by atoms with Crippen LogP contribution in [-0.2, 0) is 9.53 Å². The van der Waals surface area contributed by atoms with E-state index in [4.69, 9.17) is 21.4 Å². The summed E-state index contributed by atoms with van der Waals surface area (Å²) in [5.41, 5.74) is 2.33. The topological polar surface area (TPSA) is 46.5 Å². The fraction of sp³-hybridized carbons (Fsp3) is 0.611. The van der Waals surface area contributed by atoms with E-state index in [1.807, 2.05) is 6.07 Å². The standard InChI is InChI=1S/C18H25ClO3.Na.H/c1-22-12-15(8-10-18(20)21)14-7-9-16(17(19)11-14)13-5-3-2-4-6-13;;/h7,9,11,13,15H,2-6,8,10,12H2,1H3,(H,20,21);;. The molecule has 1 fully saturated rings. The molecule has 3 nitrogen and oxygen atoms in total. The van der Waals surface area contributed by atoms with E-state index in [1.165, 1.54) is 37.7 Å². The quantitative estimate of drug-likeness (QED) is 0.746. The van der Waals surface area contributed by atoms with Gasteiger partial charge >= 0.3 is 35.5 Å². The van der Waals surface area contributed by atoms with Crippen molar-refractivity contribution >= 4 is 47.1 Å². The molecule has 0 aliphatic heterocycles. The minimum absolute atomic E-state index is 0. The predicted octanol–water partition coefficient (Wildman–Crippen LogP) is 4.33. The number of carboxylic acid groups (broad SMARTS) is 1. The number of ether oxygens (including phenoxy) is 1. The molecule has 1 aliphatic rings. The Morgan fingerprint density at radius 1 is 1.35 bits per heavy atom. The molecule has 1 N–H and O–H groups in total. The number of rotatable bonds is 7. The number of carboxylic acids is 1. The van der Waals surface area contributed by atoms with Crippen LogP contribution in [0.1, 0.15) is 67.9 Å². The first-order chi connectivity index (χ1) is 10.6. The zero-order valence-electron chi connectivity index (χ0n) is 13.2. The SMILES string of the molecule is COCC(CCC(=O)O)c1ccc(C2CCCCC2)c(Cl)c1.[NaH]. The van der Waals surface area contributed by atoms with Gasteiger partial charge in [-0.2, -0.15) is 0 Å². The summed E-state index contributed by atoms with van der Waals surface area (Å²) in [6.07, 6.45) is 7.07. The first kappa shape index (κ1) is 21.0. The van der Waals surface area contributed by atoms with Crippen molar-refractivity contribution in [1.82, 2.24) is 0 Å². The van der Waals surface area contributed by atoms with Gasteiger partial charge in [-0.1, -0.05) is 43.0 Å². The fourth-order valence-corrected chi connectivity index (χ4v) is 3.73. The summed E-state index contributed by atoms with van der Waals surface area (Å²) in [5.74, 6) is -0.111. The van der Waals surface area contributed by atoms with Gasteiger partial charge < -0.3 is 9.84 Å². The Balaban J connectivity index is 0.00000264. The van der Waals surface area contributed by atoms with E-state index >= 15 is 0 Å². The van der Waals surface area contributed by atoms with Crippen molar-refractivity contribution < 1.29 is 14.6 Å². The molecular weight excluding hydrogens is 323 g/mol. The summed E-state index contributed by atoms with van der Waals surface area (Å²) < 4.78 is 5.24. The molecule has 1 aliphatic carbocycles. The average Bonchev–Trinajstić information content (AvgIpc) is 2.52. The van der Waals surface area contributed by atoms with Crippen LogP contribution in [0.3, 0.4) is 0 Å². The second-order valence-corrected chi connectivity index (χ2v) is 6.61. The maximum atomic E-state index is 10.8. The Hall–Kier alpha value is -0.0600. The van der Waals surface area contributed by atoms with Gasteiger partial charge in [0.15, 0.2) is 0 Å². The summed E-state index contributed by atoms with van der Waals surface area (Å²) in [6.45, 7) is 0.520. The van der Waals surface area contributed by atoms with Gasteiger partial charge in [0.05, 0.1) is 6.61 Å². The summed E-state index contributed by atoms with van der Waals surface area (Å²) in [7, 11) is 1.64. The first-order valence-corrected chi connectivity index (χ1v) is 8.49. The first-order valence-electron chi connectivity index (χ1n) is 8.12. The monoisotopic (exact) mass is 348 g/mol. The van der Waals surface area contributed by atoms with Gasteiger partial charge in [-0.05, 0) is 42.4 Å². The van der Waals surface area contributed by atoms with Gasteiger partial charge in [-0.3, -0.25) is 4.79 Å². The molecular formula is C18H26ClNaO3. The number of carbonyl (C=O) groups is 1. The Kier molecular flexibility index (Phi) is 9.79. The van der Waals surface area contributed by atoms with Crippen LogP contribution >= 0.6 is 11.6 Å². The third kappa shape index (κ3) is 6.39. The van der Waals surface area contributed by atoms with Gasteiger partial charge in [0.25, 0.3) is 0 Å². The van der Waals surface area contributed by atoms with Crippen LogP contribution in [0.4, 0.5) is 0 Å². The van der Waals surface area contributed by atoms with Gasteiger partial charge in [0, 0.05) is 24.5 Å². The fourth-order valence-electron chi connectivity index (χ4n) is 3.39. The minimum atomic E-state index is -0.772. The molecule has 0 aromatic heterocycles. The van der Waals surface area contributed by atoms with E-state index in [-0.39, 0.29) is 41.9 Å². The van der Waals surface area contributed by atoms with Crippen molar-refractivity contribution in [3.8, 4) is 0 Å². The molecule has 2 rings (SSSR count). The van der Waals surface area contributed by atoms with Gasteiger partial charge in [0.1, 0.15) is 0 Å². The average molecular weight is 349 g/mol. The number of aliphatic carboxylic acids is 1. The van der Waals surface area contributed by atoms with Crippen LogP contribution < -0.4 is 0 Å². The van der Waals surface area contributed by atoms with E-state index in [1.54, 1.807) is 7.11 Å². The zero-order valence-corrected chi connectivity index (χ0v) is 13.9. The van der Waals surface area contributed by atoms with Crippen LogP contribution in [-0.4, -0.2) is 54.3 Å². The molecule has 1 saturated carbocycles. The van der Waals surface area contributed by atoms with Crippen molar-refractivity contribution in [2.45, 2.75) is 56.8 Å². The van der Waals surface area contributed by atoms with Crippen molar-refractivity contribution in [2.75, 3.05) is 13.7 Å². The summed E-state index contributed by atoms with van der Waals surface area (Å²) in [6, 6.07) is 6.25. The van der Waals surface area contributed by atoms with Crippen LogP contribution in [0.2, 0.25) is 5.02 Å². The second-order valence-electron chi connectivity index (χ2n) is 6.20. The summed E-state index contributed by atoms with van der Waals surface area (Å²) >= 11 is 6.51. The van der Waals surface area contributed by atoms with Gasteiger partial charge in [-0.15, -0.1) is 0 Å². The molecule has 5 heteroatoms. The summed E-state index contributed by atoms with van der Waals surface area (Å²) in [5, 5.41) is 9.70. The normalized spacial score (nSPS) is 16.6. The summed E-state index contributed by atoms with van der Waals surface area (Å²) in [4.78, 5) is 10.8. The van der Waals surface area contributed by atoms with Crippen molar-refractivity contribution in [3.05, 3.63) is 34.3 Å². The Bertz CT molecular complexity index is 501. The Morgan fingerprint density at radius 3 is 2.61 bits per heavy atom. The molecule has 1 aromatic rings. The van der Waals surface area contributed by atoms with E-state index in [2.05, 4.69) is 12.1 Å². The van der Waals surface area contributed by atoms with E-state index < -0.39 is 5.97 Å². The van der Waals surface area contributed by atoms with Crippen molar-refractivity contribution in [2.24, 2.45) is 0 Å². The van der Waals surface area contributed by atoms with Gasteiger partial charge in [0.2, 0.25) is 0 Å². The zero-order chi connectivity index (χ0) is 15.9. The van der Waals surface area contributed by atoms with Crippen molar-refractivity contribution in [1.29, 1.82) is 0 Å². The molecule has 0 heterocycles. The Morgan fingerprint density at radius 2 is 2.04 bits per heavy atom. The molecule has 124 valence electrons. The predicted molar refractivity (Wildman–Crippen MR) is 95.9 cm³/mol. The van der Waals surface area contributed by atoms with E-state index in [0.717, 1.165) is 10.6 Å². The van der Waals surface area contributed by atoms with Crippen molar-refractivity contribution in [3.63, 3.8) is 0 Å². The molecule has 1 atom stereocenters. The third-order valence-electron chi connectivity index (χ3n) is 4.62. The van der Waals surface area contributed by atoms with Crippen LogP contribution in [0.25, 0.3) is 0 Å². The maximum absolute atomic E-state index is 10.8. The van der Waals surface area contributed by atoms with Crippen LogP contribution in [0.15, 0.2) is 18.2 Å². The molecule has 1 aromatic carbocycles. The van der Waals surface area contributed by atoms with Crippen LogP contribution in [0, 0.1) is 0 Å². The van der Waals surface area contributed by atoms with Crippen LogP contribution in [0.5, 0.6) is 0 Å². The van der Waals surface area contributed by atoms with E-state index in [0.29, 0.717) is 18.9 Å². The number of hydrogen-bond donors (Lipinski definition) is 1. The van der Waals surface area contributed by atoms with Gasteiger partial charge in [-0.25, -0.2) is 0 Å². The third-order valence-corrected chi connectivity index (χ3v) is 4.94. The molecule has 0 amide bonds. The number of halogens is 1. The molecule has 0 bridgehead atoms. The molecule has 0 spiro atoms. The Labute approximate surface area is 166 Å². The number of benzene rings is 1. The second kappa shape index (κ2) is 10.7. The number of methoxy groups -OCH3 is 1. The molecule has 0 saturated heterocycles. The molecule has 23 heavy (non-hydrogen) atoms.